The zero-order chi connectivity index (χ0) is 12.3. The van der Waals surface area contributed by atoms with Gasteiger partial charge in [0.2, 0.25) is 0 Å². The van der Waals surface area contributed by atoms with Gasteiger partial charge in [0, 0.05) is 18.3 Å². The Morgan fingerprint density at radius 1 is 1.29 bits per heavy atom. The van der Waals surface area contributed by atoms with Crippen LogP contribution in [0.5, 0.6) is 0 Å². The van der Waals surface area contributed by atoms with Crippen LogP contribution in [0.25, 0.3) is 0 Å². The summed E-state index contributed by atoms with van der Waals surface area (Å²) in [4.78, 5) is 4.34. The molecule has 1 saturated heterocycles. The highest BCUT2D eigenvalue weighted by molar-refractivity contribution is 5.96. The van der Waals surface area contributed by atoms with Crippen LogP contribution in [0.1, 0.15) is 45.7 Å². The number of piperidine rings is 1. The molecule has 0 bridgehead atoms. The van der Waals surface area contributed by atoms with E-state index in [1.165, 1.54) is 19.3 Å². The normalized spacial score (nSPS) is 26.1. The van der Waals surface area contributed by atoms with Gasteiger partial charge in [0.1, 0.15) is 0 Å². The van der Waals surface area contributed by atoms with Crippen molar-refractivity contribution in [1.82, 2.24) is 9.99 Å². The summed E-state index contributed by atoms with van der Waals surface area (Å²) in [6.07, 6.45) is 5.61. The van der Waals surface area contributed by atoms with Crippen molar-refractivity contribution >= 4 is 5.71 Å². The molecule has 0 radical (unpaired) electrons. The van der Waals surface area contributed by atoms with Crippen LogP contribution in [0.4, 0.5) is 0 Å². The van der Waals surface area contributed by atoms with E-state index in [1.807, 2.05) is 31.3 Å². The average molecular weight is 231 g/mol. The van der Waals surface area contributed by atoms with Crippen LogP contribution >= 0.6 is 0 Å². The van der Waals surface area contributed by atoms with E-state index in [1.54, 1.807) is 0 Å². The molecule has 1 aliphatic heterocycles. The fourth-order valence-corrected chi connectivity index (χ4v) is 2.41. The number of hydrogen-bond donors (Lipinski definition) is 0. The van der Waals surface area contributed by atoms with E-state index in [2.05, 4.69) is 23.8 Å². The van der Waals surface area contributed by atoms with Crippen molar-refractivity contribution in [2.75, 3.05) is 0 Å². The first-order chi connectivity index (χ1) is 8.18. The molecule has 1 aromatic heterocycles. The summed E-state index contributed by atoms with van der Waals surface area (Å²) in [5, 5.41) is 7.00. The van der Waals surface area contributed by atoms with Gasteiger partial charge in [-0.3, -0.25) is 9.99 Å². The molecule has 0 N–H and O–H groups in total. The van der Waals surface area contributed by atoms with Crippen molar-refractivity contribution in [3.8, 4) is 0 Å². The molecule has 92 valence electrons. The summed E-state index contributed by atoms with van der Waals surface area (Å²) in [6.45, 7) is 6.55. The van der Waals surface area contributed by atoms with Crippen molar-refractivity contribution in [3.63, 3.8) is 0 Å². The quantitative estimate of drug-likeness (QED) is 0.732. The summed E-state index contributed by atoms with van der Waals surface area (Å²) in [7, 11) is 0. The Labute approximate surface area is 104 Å². The Morgan fingerprint density at radius 2 is 2.00 bits per heavy atom. The largest absolute Gasteiger partial charge is 0.291 e. The molecule has 0 amide bonds. The van der Waals surface area contributed by atoms with Gasteiger partial charge in [0.05, 0.1) is 11.4 Å². The molecule has 1 aliphatic rings. The van der Waals surface area contributed by atoms with Gasteiger partial charge in [0.25, 0.3) is 0 Å². The first-order valence-electron chi connectivity index (χ1n) is 6.43. The Kier molecular flexibility index (Phi) is 3.77. The van der Waals surface area contributed by atoms with Crippen LogP contribution in [0, 0.1) is 0 Å². The second kappa shape index (κ2) is 5.30. The molecule has 0 aliphatic carbocycles. The summed E-state index contributed by atoms with van der Waals surface area (Å²) >= 11 is 0. The van der Waals surface area contributed by atoms with Crippen LogP contribution in [-0.4, -0.2) is 27.8 Å². The van der Waals surface area contributed by atoms with Gasteiger partial charge in [-0.25, -0.2) is 0 Å². The molecule has 3 heteroatoms. The fourth-order valence-electron chi connectivity index (χ4n) is 2.41. The predicted molar refractivity (Wildman–Crippen MR) is 71.1 cm³/mol. The predicted octanol–water partition coefficient (Wildman–Crippen LogP) is 3.07. The standard InChI is InChI=1S/C14H21N3/c1-11-7-6-8-12(2)17(11)16-13(3)14-9-4-5-10-15-14/h4-5,9-12H,6-8H2,1-3H3/b16-13+. The minimum Gasteiger partial charge on any atom is -0.291 e. The Morgan fingerprint density at radius 3 is 2.59 bits per heavy atom. The summed E-state index contributed by atoms with van der Waals surface area (Å²) in [5.41, 5.74) is 1.98. The topological polar surface area (TPSA) is 28.5 Å². The van der Waals surface area contributed by atoms with Gasteiger partial charge < -0.3 is 0 Å². The van der Waals surface area contributed by atoms with E-state index in [0.717, 1.165) is 11.4 Å². The van der Waals surface area contributed by atoms with Crippen LogP contribution in [0.15, 0.2) is 29.5 Å². The van der Waals surface area contributed by atoms with Crippen LogP contribution in [0.3, 0.4) is 0 Å². The number of pyridine rings is 1. The number of hydrogen-bond acceptors (Lipinski definition) is 3. The van der Waals surface area contributed by atoms with Gasteiger partial charge in [-0.15, -0.1) is 0 Å². The number of aromatic nitrogens is 1. The minimum absolute atomic E-state index is 0.539. The second-order valence-electron chi connectivity index (χ2n) is 4.91. The molecule has 1 fully saturated rings. The Hall–Kier alpha value is -1.38. The SMILES string of the molecule is C/C(=N\N1C(C)CCCC1C)c1ccccn1. The maximum Gasteiger partial charge on any atom is 0.0859 e. The second-order valence-corrected chi connectivity index (χ2v) is 4.91. The first-order valence-corrected chi connectivity index (χ1v) is 6.43. The van der Waals surface area contributed by atoms with E-state index >= 15 is 0 Å². The highest BCUT2D eigenvalue weighted by Gasteiger charge is 2.23. The minimum atomic E-state index is 0.539. The monoisotopic (exact) mass is 231 g/mol. The average Bonchev–Trinajstić information content (AvgIpc) is 2.35. The van der Waals surface area contributed by atoms with E-state index < -0.39 is 0 Å². The van der Waals surface area contributed by atoms with Gasteiger partial charge in [-0.05, 0) is 52.2 Å². The lowest BCUT2D eigenvalue weighted by Crippen LogP contribution is -2.40. The lowest BCUT2D eigenvalue weighted by atomic mass is 10.00. The molecular formula is C14H21N3. The van der Waals surface area contributed by atoms with Gasteiger partial charge >= 0.3 is 0 Å². The smallest absolute Gasteiger partial charge is 0.0859 e. The van der Waals surface area contributed by atoms with E-state index in [0.29, 0.717) is 12.1 Å². The van der Waals surface area contributed by atoms with Crippen molar-refractivity contribution in [3.05, 3.63) is 30.1 Å². The van der Waals surface area contributed by atoms with Crippen molar-refractivity contribution in [2.24, 2.45) is 5.10 Å². The lowest BCUT2D eigenvalue weighted by Gasteiger charge is -2.37. The van der Waals surface area contributed by atoms with Gasteiger partial charge in [-0.2, -0.15) is 5.10 Å². The van der Waals surface area contributed by atoms with Crippen molar-refractivity contribution < 1.29 is 0 Å². The number of hydrazone groups is 1. The molecule has 0 saturated carbocycles. The Bertz CT molecular complexity index is 376. The Balaban J connectivity index is 2.17. The summed E-state index contributed by atoms with van der Waals surface area (Å²) in [5.74, 6) is 0. The molecule has 0 aromatic carbocycles. The number of nitrogens with zero attached hydrogens (tertiary/aromatic N) is 3. The summed E-state index contributed by atoms with van der Waals surface area (Å²) in [6, 6.07) is 7.03. The van der Waals surface area contributed by atoms with Gasteiger partial charge in [0.15, 0.2) is 0 Å². The molecule has 0 spiro atoms. The molecule has 3 nitrogen and oxygen atoms in total. The third-order valence-electron chi connectivity index (χ3n) is 3.45. The van der Waals surface area contributed by atoms with Crippen LogP contribution in [0.2, 0.25) is 0 Å². The summed E-state index contributed by atoms with van der Waals surface area (Å²) < 4.78 is 0. The molecule has 2 rings (SSSR count). The van der Waals surface area contributed by atoms with Crippen LogP contribution < -0.4 is 0 Å². The highest BCUT2D eigenvalue weighted by atomic mass is 15.5. The maximum atomic E-state index is 4.76. The van der Waals surface area contributed by atoms with Crippen LogP contribution in [-0.2, 0) is 0 Å². The molecule has 2 atom stereocenters. The third-order valence-corrected chi connectivity index (χ3v) is 3.45. The van der Waals surface area contributed by atoms with E-state index in [9.17, 15) is 0 Å². The van der Waals surface area contributed by atoms with E-state index in [-0.39, 0.29) is 0 Å². The maximum absolute atomic E-state index is 4.76. The van der Waals surface area contributed by atoms with Gasteiger partial charge in [-0.1, -0.05) is 6.07 Å². The first kappa shape index (κ1) is 12.1. The zero-order valence-electron chi connectivity index (χ0n) is 10.9. The molecule has 2 heterocycles. The molecule has 1 aromatic rings. The van der Waals surface area contributed by atoms with E-state index in [4.69, 9.17) is 5.10 Å². The van der Waals surface area contributed by atoms with Crippen molar-refractivity contribution in [1.29, 1.82) is 0 Å². The third kappa shape index (κ3) is 2.84. The molecule has 17 heavy (non-hydrogen) atoms. The zero-order valence-corrected chi connectivity index (χ0v) is 10.9. The number of rotatable bonds is 2. The molecular weight excluding hydrogens is 210 g/mol. The van der Waals surface area contributed by atoms with Crippen molar-refractivity contribution in [2.45, 2.75) is 52.1 Å². The molecule has 2 unspecified atom stereocenters. The highest BCUT2D eigenvalue weighted by Crippen LogP contribution is 2.23. The fraction of sp³-hybridized carbons (Fsp3) is 0.571. The lowest BCUT2D eigenvalue weighted by molar-refractivity contribution is 0.108.